The fourth-order valence-electron chi connectivity index (χ4n) is 2.27. The first-order valence-electron chi connectivity index (χ1n) is 7.88. The smallest absolute Gasteiger partial charge is 0.299 e. The predicted molar refractivity (Wildman–Crippen MR) is 96.0 cm³/mol. The molecule has 0 saturated carbocycles. The Labute approximate surface area is 152 Å². The van der Waals surface area contributed by atoms with Gasteiger partial charge in [0.1, 0.15) is 23.4 Å². The normalized spacial score (nSPS) is 11.9. The molecule has 0 aliphatic carbocycles. The van der Waals surface area contributed by atoms with Gasteiger partial charge in [0.05, 0.1) is 4.92 Å². The zero-order valence-electron chi connectivity index (χ0n) is 13.9. The largest absolute Gasteiger partial charge is 0.307 e. The van der Waals surface area contributed by atoms with E-state index in [9.17, 15) is 14.9 Å². The number of aromatic nitrogens is 4. The van der Waals surface area contributed by atoms with Crippen LogP contribution < -0.4 is 5.32 Å². The highest BCUT2D eigenvalue weighted by Crippen LogP contribution is 2.19. The first-order valence-corrected chi connectivity index (χ1v) is 8.70. The number of nitrogens with one attached hydrogen (secondary N) is 1. The summed E-state index contributed by atoms with van der Waals surface area (Å²) in [6, 6.07) is 9.34. The van der Waals surface area contributed by atoms with Gasteiger partial charge in [0.15, 0.2) is 0 Å². The van der Waals surface area contributed by atoms with Gasteiger partial charge in [0.25, 0.3) is 5.91 Å². The van der Waals surface area contributed by atoms with E-state index in [0.717, 1.165) is 24.0 Å². The summed E-state index contributed by atoms with van der Waals surface area (Å²) in [4.78, 5) is 22.4. The van der Waals surface area contributed by atoms with Gasteiger partial charge in [-0.15, -0.1) is 10.2 Å². The molecule has 0 aliphatic rings. The van der Waals surface area contributed by atoms with Crippen LogP contribution in [-0.4, -0.2) is 30.8 Å². The number of nitro groups is 1. The molecule has 0 bridgehead atoms. The topological polar surface area (TPSA) is 116 Å². The number of hydrogen-bond donors (Lipinski definition) is 1. The lowest BCUT2D eigenvalue weighted by Crippen LogP contribution is -2.23. The van der Waals surface area contributed by atoms with Crippen molar-refractivity contribution in [3.05, 3.63) is 63.4 Å². The molecule has 9 nitrogen and oxygen atoms in total. The second kappa shape index (κ2) is 7.83. The predicted octanol–water partition coefficient (Wildman–Crippen LogP) is 2.63. The van der Waals surface area contributed by atoms with Gasteiger partial charge >= 0.3 is 5.69 Å². The molecule has 1 N–H and O–H groups in total. The van der Waals surface area contributed by atoms with Gasteiger partial charge in [0.2, 0.25) is 5.13 Å². The maximum Gasteiger partial charge on any atom is 0.307 e. The van der Waals surface area contributed by atoms with Gasteiger partial charge in [-0.25, -0.2) is 0 Å². The lowest BCUT2D eigenvalue weighted by Gasteiger charge is -2.09. The third kappa shape index (κ3) is 4.28. The van der Waals surface area contributed by atoms with E-state index in [1.54, 1.807) is 6.92 Å². The van der Waals surface area contributed by atoms with Crippen molar-refractivity contribution >= 4 is 28.1 Å². The SMILES string of the molecule is CC(C(=O)Nc1nnc(CCc2ccccc2)s1)n1cc([N+](=O)[O-])cn1. The molecule has 0 radical (unpaired) electrons. The molecule has 1 atom stereocenters. The number of hydrogen-bond acceptors (Lipinski definition) is 7. The van der Waals surface area contributed by atoms with E-state index >= 15 is 0 Å². The van der Waals surface area contributed by atoms with Crippen LogP contribution in [-0.2, 0) is 17.6 Å². The lowest BCUT2D eigenvalue weighted by molar-refractivity contribution is -0.385. The molecule has 26 heavy (non-hydrogen) atoms. The van der Waals surface area contributed by atoms with Gasteiger partial charge < -0.3 is 0 Å². The Morgan fingerprint density at radius 2 is 2.08 bits per heavy atom. The molecule has 3 rings (SSSR count). The number of carbonyl (C=O) groups is 1. The molecule has 2 heterocycles. The molecule has 2 aromatic heterocycles. The van der Waals surface area contributed by atoms with Gasteiger partial charge in [-0.05, 0) is 18.9 Å². The molecular formula is C16H16N6O3S. The van der Waals surface area contributed by atoms with Crippen molar-refractivity contribution < 1.29 is 9.72 Å². The first kappa shape index (κ1) is 17.7. The van der Waals surface area contributed by atoms with Crippen LogP contribution in [0.5, 0.6) is 0 Å². The molecule has 3 aromatic rings. The average Bonchev–Trinajstić information content (AvgIpc) is 3.30. The van der Waals surface area contributed by atoms with Crippen LogP contribution in [0, 0.1) is 10.1 Å². The van der Waals surface area contributed by atoms with Crippen molar-refractivity contribution in [2.24, 2.45) is 0 Å². The van der Waals surface area contributed by atoms with E-state index in [1.165, 1.54) is 27.8 Å². The van der Waals surface area contributed by atoms with Crippen molar-refractivity contribution in [2.45, 2.75) is 25.8 Å². The highest BCUT2D eigenvalue weighted by atomic mass is 32.1. The number of carbonyl (C=O) groups excluding carboxylic acids is 1. The highest BCUT2D eigenvalue weighted by Gasteiger charge is 2.20. The minimum atomic E-state index is -0.708. The third-order valence-electron chi connectivity index (χ3n) is 3.74. The molecule has 0 spiro atoms. The van der Waals surface area contributed by atoms with Crippen LogP contribution in [0.25, 0.3) is 0 Å². The second-order valence-corrected chi connectivity index (χ2v) is 6.65. The van der Waals surface area contributed by atoms with Gasteiger partial charge in [-0.2, -0.15) is 5.10 Å². The van der Waals surface area contributed by atoms with Gasteiger partial charge in [0, 0.05) is 6.42 Å². The van der Waals surface area contributed by atoms with Crippen molar-refractivity contribution in [3.8, 4) is 0 Å². The Hall–Kier alpha value is -3.14. The minimum absolute atomic E-state index is 0.163. The maximum absolute atomic E-state index is 12.3. The average molecular weight is 372 g/mol. The molecule has 0 aliphatic heterocycles. The summed E-state index contributed by atoms with van der Waals surface area (Å²) < 4.78 is 1.24. The molecule has 1 aromatic carbocycles. The van der Waals surface area contributed by atoms with E-state index in [4.69, 9.17) is 0 Å². The Morgan fingerprint density at radius 3 is 2.77 bits per heavy atom. The fourth-order valence-corrected chi connectivity index (χ4v) is 3.01. The Morgan fingerprint density at radius 1 is 1.31 bits per heavy atom. The molecule has 10 heteroatoms. The first-order chi connectivity index (χ1) is 12.5. The van der Waals surface area contributed by atoms with Crippen LogP contribution in [0.1, 0.15) is 23.5 Å². The molecular weight excluding hydrogens is 356 g/mol. The van der Waals surface area contributed by atoms with Crippen LogP contribution in [0.3, 0.4) is 0 Å². The Kier molecular flexibility index (Phi) is 5.32. The lowest BCUT2D eigenvalue weighted by atomic mass is 10.1. The number of rotatable bonds is 7. The number of benzene rings is 1. The summed E-state index contributed by atoms with van der Waals surface area (Å²) in [5.74, 6) is -0.367. The summed E-state index contributed by atoms with van der Waals surface area (Å²) in [7, 11) is 0. The molecule has 0 saturated heterocycles. The Balaban J connectivity index is 1.57. The van der Waals surface area contributed by atoms with Crippen molar-refractivity contribution in [1.82, 2.24) is 20.0 Å². The van der Waals surface area contributed by atoms with Crippen LogP contribution in [0.15, 0.2) is 42.7 Å². The summed E-state index contributed by atoms with van der Waals surface area (Å²) in [5.41, 5.74) is 1.05. The fraction of sp³-hybridized carbons (Fsp3) is 0.250. The monoisotopic (exact) mass is 372 g/mol. The third-order valence-corrected chi connectivity index (χ3v) is 4.64. The number of amides is 1. The van der Waals surface area contributed by atoms with Gasteiger partial charge in [-0.3, -0.25) is 24.9 Å². The van der Waals surface area contributed by atoms with Crippen LogP contribution in [0.2, 0.25) is 0 Å². The Bertz CT molecular complexity index is 908. The van der Waals surface area contributed by atoms with E-state index in [2.05, 4.69) is 32.7 Å². The molecule has 1 amide bonds. The summed E-state index contributed by atoms with van der Waals surface area (Å²) >= 11 is 1.31. The zero-order valence-corrected chi connectivity index (χ0v) is 14.7. The van der Waals surface area contributed by atoms with E-state index in [0.29, 0.717) is 5.13 Å². The second-order valence-electron chi connectivity index (χ2n) is 5.59. The maximum atomic E-state index is 12.3. The van der Waals surface area contributed by atoms with Crippen LogP contribution >= 0.6 is 11.3 Å². The van der Waals surface area contributed by atoms with Crippen LogP contribution in [0.4, 0.5) is 10.8 Å². The van der Waals surface area contributed by atoms with Crippen molar-refractivity contribution in [2.75, 3.05) is 5.32 Å². The quantitative estimate of drug-likeness (QED) is 0.503. The van der Waals surface area contributed by atoms with Crippen molar-refractivity contribution in [3.63, 3.8) is 0 Å². The van der Waals surface area contributed by atoms with Gasteiger partial charge in [-0.1, -0.05) is 41.7 Å². The summed E-state index contributed by atoms with van der Waals surface area (Å²) in [6.45, 7) is 1.60. The number of anilines is 1. The van der Waals surface area contributed by atoms with E-state index in [1.807, 2.05) is 18.2 Å². The minimum Gasteiger partial charge on any atom is -0.299 e. The highest BCUT2D eigenvalue weighted by molar-refractivity contribution is 7.15. The molecule has 0 fully saturated rings. The zero-order chi connectivity index (χ0) is 18.5. The van der Waals surface area contributed by atoms with Crippen molar-refractivity contribution in [1.29, 1.82) is 0 Å². The molecule has 1 unspecified atom stereocenters. The standard InChI is InChI=1S/C16H16N6O3S/c1-11(21-10-13(9-17-21)22(24)25)15(23)18-16-20-19-14(26-16)8-7-12-5-3-2-4-6-12/h2-6,9-11H,7-8H2,1H3,(H,18,20,23). The summed E-state index contributed by atoms with van der Waals surface area (Å²) in [6.07, 6.45) is 3.90. The van der Waals surface area contributed by atoms with E-state index in [-0.39, 0.29) is 11.6 Å². The molecule has 134 valence electrons. The summed E-state index contributed by atoms with van der Waals surface area (Å²) in [5, 5.41) is 26.5. The number of aryl methyl sites for hydroxylation is 2. The number of nitrogens with zero attached hydrogens (tertiary/aromatic N) is 5. The van der Waals surface area contributed by atoms with E-state index < -0.39 is 11.0 Å².